The standard InChI is InChI=1S/C22H20FN5O2/c1-27(2)18-11-9-17(10-12-18)24-20(29)14-28-13-3-4-19(28)22-25-21(26-30-22)15-5-7-16(23)8-6-15/h3-13H,14H2,1-2H3,(H,24,29). The smallest absolute Gasteiger partial charge is 0.274 e. The van der Waals surface area contributed by atoms with Gasteiger partial charge in [0.25, 0.3) is 5.89 Å². The number of aromatic nitrogens is 3. The van der Waals surface area contributed by atoms with E-state index in [0.29, 0.717) is 17.1 Å². The van der Waals surface area contributed by atoms with E-state index in [-0.39, 0.29) is 24.2 Å². The van der Waals surface area contributed by atoms with Crippen molar-refractivity contribution in [1.29, 1.82) is 0 Å². The van der Waals surface area contributed by atoms with Gasteiger partial charge in [-0.3, -0.25) is 4.79 Å². The lowest BCUT2D eigenvalue weighted by molar-refractivity contribution is -0.116. The number of carbonyl (C=O) groups is 1. The van der Waals surface area contributed by atoms with Gasteiger partial charge in [-0.1, -0.05) is 5.16 Å². The number of hydrogen-bond donors (Lipinski definition) is 1. The van der Waals surface area contributed by atoms with E-state index < -0.39 is 0 Å². The molecule has 0 radical (unpaired) electrons. The molecule has 0 spiro atoms. The SMILES string of the molecule is CN(C)c1ccc(NC(=O)Cn2cccc2-c2nc(-c3ccc(F)cc3)no2)cc1. The lowest BCUT2D eigenvalue weighted by Crippen LogP contribution is -2.19. The van der Waals surface area contributed by atoms with Crippen molar-refractivity contribution in [2.75, 3.05) is 24.3 Å². The number of nitrogens with one attached hydrogen (secondary N) is 1. The van der Waals surface area contributed by atoms with Crippen molar-refractivity contribution in [3.8, 4) is 23.0 Å². The van der Waals surface area contributed by atoms with E-state index in [4.69, 9.17) is 4.52 Å². The third-order valence-electron chi connectivity index (χ3n) is 4.56. The molecule has 0 aliphatic heterocycles. The summed E-state index contributed by atoms with van der Waals surface area (Å²) < 4.78 is 20.2. The topological polar surface area (TPSA) is 76.2 Å². The molecule has 0 saturated carbocycles. The van der Waals surface area contributed by atoms with Gasteiger partial charge >= 0.3 is 0 Å². The van der Waals surface area contributed by atoms with Crippen LogP contribution in [0.15, 0.2) is 71.4 Å². The number of carbonyl (C=O) groups excluding carboxylic acids is 1. The van der Waals surface area contributed by atoms with Gasteiger partial charge in [0.1, 0.15) is 18.1 Å². The second-order valence-electron chi connectivity index (χ2n) is 6.94. The first kappa shape index (κ1) is 19.4. The molecule has 8 heteroatoms. The zero-order valence-corrected chi connectivity index (χ0v) is 16.5. The Morgan fingerprint density at radius 1 is 1.10 bits per heavy atom. The molecule has 1 N–H and O–H groups in total. The molecule has 1 amide bonds. The molecule has 4 rings (SSSR count). The summed E-state index contributed by atoms with van der Waals surface area (Å²) in [5.74, 6) is 0.118. The first-order chi connectivity index (χ1) is 14.5. The van der Waals surface area contributed by atoms with Crippen LogP contribution in [0.2, 0.25) is 0 Å². The lowest BCUT2D eigenvalue weighted by Gasteiger charge is -2.13. The Kier molecular flexibility index (Phi) is 5.30. The molecule has 30 heavy (non-hydrogen) atoms. The van der Waals surface area contributed by atoms with Crippen molar-refractivity contribution in [2.24, 2.45) is 0 Å². The zero-order valence-electron chi connectivity index (χ0n) is 16.5. The summed E-state index contributed by atoms with van der Waals surface area (Å²) in [6.45, 7) is 0.0893. The number of nitrogens with zero attached hydrogens (tertiary/aromatic N) is 4. The summed E-state index contributed by atoms with van der Waals surface area (Å²) in [5.41, 5.74) is 3.03. The molecule has 0 atom stereocenters. The minimum Gasteiger partial charge on any atom is -0.378 e. The highest BCUT2D eigenvalue weighted by Crippen LogP contribution is 2.23. The van der Waals surface area contributed by atoms with E-state index in [1.807, 2.05) is 43.3 Å². The molecule has 0 saturated heterocycles. The third-order valence-corrected chi connectivity index (χ3v) is 4.56. The maximum absolute atomic E-state index is 13.1. The van der Waals surface area contributed by atoms with Gasteiger partial charge in [0, 0.05) is 37.2 Å². The van der Waals surface area contributed by atoms with Gasteiger partial charge in [0.2, 0.25) is 11.7 Å². The third kappa shape index (κ3) is 4.22. The average molecular weight is 405 g/mol. The minimum atomic E-state index is -0.335. The Hall–Kier alpha value is -3.94. The van der Waals surface area contributed by atoms with Gasteiger partial charge in [-0.2, -0.15) is 4.98 Å². The van der Waals surface area contributed by atoms with Crippen LogP contribution in [-0.2, 0) is 11.3 Å². The number of amides is 1. The number of benzene rings is 2. The summed E-state index contributed by atoms with van der Waals surface area (Å²) in [6.07, 6.45) is 1.77. The molecule has 2 aromatic heterocycles. The van der Waals surface area contributed by atoms with Crippen molar-refractivity contribution in [3.05, 3.63) is 72.7 Å². The number of hydrogen-bond acceptors (Lipinski definition) is 5. The van der Waals surface area contributed by atoms with Gasteiger partial charge in [-0.05, 0) is 60.7 Å². The fraction of sp³-hybridized carbons (Fsp3) is 0.136. The molecule has 0 aliphatic carbocycles. The van der Waals surface area contributed by atoms with Crippen molar-refractivity contribution >= 4 is 17.3 Å². The van der Waals surface area contributed by atoms with Gasteiger partial charge in [-0.15, -0.1) is 0 Å². The van der Waals surface area contributed by atoms with Crippen LogP contribution in [0.5, 0.6) is 0 Å². The van der Waals surface area contributed by atoms with E-state index in [1.54, 1.807) is 35.0 Å². The first-order valence-corrected chi connectivity index (χ1v) is 9.32. The molecule has 2 heterocycles. The van der Waals surface area contributed by atoms with Gasteiger partial charge < -0.3 is 19.3 Å². The highest BCUT2D eigenvalue weighted by Gasteiger charge is 2.15. The molecule has 152 valence electrons. The summed E-state index contributed by atoms with van der Waals surface area (Å²) in [6, 6.07) is 17.0. The largest absolute Gasteiger partial charge is 0.378 e. The highest BCUT2D eigenvalue weighted by atomic mass is 19.1. The Labute approximate surface area is 172 Å². The fourth-order valence-electron chi connectivity index (χ4n) is 2.99. The quantitative estimate of drug-likeness (QED) is 0.524. The highest BCUT2D eigenvalue weighted by molar-refractivity contribution is 5.91. The van der Waals surface area contributed by atoms with Gasteiger partial charge in [-0.25, -0.2) is 4.39 Å². The van der Waals surface area contributed by atoms with E-state index in [0.717, 1.165) is 11.4 Å². The Morgan fingerprint density at radius 2 is 1.83 bits per heavy atom. The van der Waals surface area contributed by atoms with Crippen LogP contribution in [-0.4, -0.2) is 34.7 Å². The molecule has 0 fully saturated rings. The normalized spacial score (nSPS) is 10.8. The van der Waals surface area contributed by atoms with Crippen molar-refractivity contribution in [1.82, 2.24) is 14.7 Å². The van der Waals surface area contributed by atoms with E-state index in [1.165, 1.54) is 12.1 Å². The average Bonchev–Trinajstić information content (AvgIpc) is 3.38. The first-order valence-electron chi connectivity index (χ1n) is 9.32. The van der Waals surface area contributed by atoms with Crippen LogP contribution >= 0.6 is 0 Å². The molecular weight excluding hydrogens is 385 g/mol. The Balaban J connectivity index is 1.47. The number of rotatable bonds is 6. The summed E-state index contributed by atoms with van der Waals surface area (Å²) >= 11 is 0. The molecule has 7 nitrogen and oxygen atoms in total. The maximum Gasteiger partial charge on any atom is 0.274 e. The summed E-state index contributed by atoms with van der Waals surface area (Å²) in [7, 11) is 3.92. The molecule has 0 unspecified atom stereocenters. The lowest BCUT2D eigenvalue weighted by atomic mass is 10.2. The maximum atomic E-state index is 13.1. The monoisotopic (exact) mass is 405 g/mol. The van der Waals surface area contributed by atoms with Gasteiger partial charge in [0.05, 0.1) is 0 Å². The Morgan fingerprint density at radius 3 is 2.53 bits per heavy atom. The van der Waals surface area contributed by atoms with Crippen molar-refractivity contribution in [2.45, 2.75) is 6.54 Å². The molecule has 0 bridgehead atoms. The zero-order chi connectivity index (χ0) is 21.1. The van der Waals surface area contributed by atoms with E-state index in [2.05, 4.69) is 15.5 Å². The minimum absolute atomic E-state index is 0.0893. The van der Waals surface area contributed by atoms with Crippen LogP contribution in [0.4, 0.5) is 15.8 Å². The second-order valence-corrected chi connectivity index (χ2v) is 6.94. The van der Waals surface area contributed by atoms with Crippen LogP contribution in [0, 0.1) is 5.82 Å². The van der Waals surface area contributed by atoms with Crippen LogP contribution < -0.4 is 10.2 Å². The summed E-state index contributed by atoms with van der Waals surface area (Å²) in [5, 5.41) is 6.84. The van der Waals surface area contributed by atoms with Gasteiger partial charge in [0.15, 0.2) is 0 Å². The number of halogens is 1. The van der Waals surface area contributed by atoms with Crippen LogP contribution in [0.25, 0.3) is 23.0 Å². The predicted molar refractivity (Wildman–Crippen MR) is 113 cm³/mol. The second kappa shape index (κ2) is 8.20. The van der Waals surface area contributed by atoms with Crippen LogP contribution in [0.1, 0.15) is 0 Å². The fourth-order valence-corrected chi connectivity index (χ4v) is 2.99. The van der Waals surface area contributed by atoms with Crippen molar-refractivity contribution < 1.29 is 13.7 Å². The Bertz CT molecular complexity index is 1150. The van der Waals surface area contributed by atoms with E-state index >= 15 is 0 Å². The number of anilines is 2. The molecule has 2 aromatic carbocycles. The molecule has 0 aliphatic rings. The van der Waals surface area contributed by atoms with Crippen molar-refractivity contribution in [3.63, 3.8) is 0 Å². The van der Waals surface area contributed by atoms with E-state index in [9.17, 15) is 9.18 Å². The summed E-state index contributed by atoms with van der Waals surface area (Å²) in [4.78, 5) is 18.9. The van der Waals surface area contributed by atoms with Crippen LogP contribution in [0.3, 0.4) is 0 Å². The predicted octanol–water partition coefficient (Wildman–Crippen LogP) is 4.05. The molecule has 4 aromatic rings. The molecular formula is C22H20FN5O2.